The fourth-order valence-corrected chi connectivity index (χ4v) is 7.95. The fraction of sp³-hybridized carbons (Fsp3) is 0. The molecule has 0 radical (unpaired) electrons. The van der Waals surface area contributed by atoms with Gasteiger partial charge in [0.05, 0.1) is 6.26 Å². The van der Waals surface area contributed by atoms with Gasteiger partial charge in [-0.3, -0.25) is 0 Å². The van der Waals surface area contributed by atoms with Gasteiger partial charge in [0.15, 0.2) is 11.2 Å². The van der Waals surface area contributed by atoms with E-state index in [1.54, 1.807) is 0 Å². The van der Waals surface area contributed by atoms with Crippen LogP contribution >= 0.6 is 0 Å². The topological polar surface area (TPSA) is 39.4 Å². The van der Waals surface area contributed by atoms with Gasteiger partial charge in [-0.05, 0) is 91.8 Å². The second kappa shape index (κ2) is 9.96. The van der Waals surface area contributed by atoms with E-state index in [9.17, 15) is 0 Å². The highest BCUT2D eigenvalue weighted by Crippen LogP contribution is 2.46. The summed E-state index contributed by atoms with van der Waals surface area (Å²) >= 11 is 0. The van der Waals surface area contributed by atoms with Gasteiger partial charge in [0.25, 0.3) is 0 Å². The zero-order chi connectivity index (χ0) is 32.1. The summed E-state index contributed by atoms with van der Waals surface area (Å²) in [6.45, 7) is 0. The van der Waals surface area contributed by atoms with Crippen LogP contribution in [0.15, 0.2) is 171 Å². The number of hydrogen-bond donors (Lipinski definition) is 0. The molecule has 3 heterocycles. The molecule has 0 atom stereocenters. The van der Waals surface area contributed by atoms with Crippen molar-refractivity contribution >= 4 is 76.4 Å². The van der Waals surface area contributed by atoms with Crippen LogP contribution in [0, 0.1) is 0 Å². The average Bonchev–Trinajstić information content (AvgIpc) is 3.87. The van der Waals surface area contributed by atoms with E-state index >= 15 is 0 Å². The van der Waals surface area contributed by atoms with Gasteiger partial charge in [0.1, 0.15) is 16.7 Å². The van der Waals surface area contributed by atoms with E-state index in [4.69, 9.17) is 13.3 Å². The average molecular weight is 627 g/mol. The van der Waals surface area contributed by atoms with E-state index in [-0.39, 0.29) is 0 Å². The van der Waals surface area contributed by atoms with Crippen molar-refractivity contribution in [1.82, 2.24) is 0 Å². The van der Waals surface area contributed by atoms with Crippen LogP contribution in [0.4, 0.5) is 0 Å². The molecule has 0 amide bonds. The van der Waals surface area contributed by atoms with Crippen molar-refractivity contribution in [2.75, 3.05) is 0 Å². The summed E-state index contributed by atoms with van der Waals surface area (Å²) in [5, 5.41) is 10.2. The molecule has 0 bridgehead atoms. The molecule has 11 aromatic rings. The quantitative estimate of drug-likeness (QED) is 0.183. The molecule has 0 N–H and O–H groups in total. The summed E-state index contributed by atoms with van der Waals surface area (Å²) in [7, 11) is 0. The Bertz CT molecular complexity index is 3040. The predicted octanol–water partition coefficient (Wildman–Crippen LogP) is 13.5. The maximum atomic E-state index is 6.51. The van der Waals surface area contributed by atoms with Crippen LogP contribution in [0.5, 0.6) is 0 Å². The monoisotopic (exact) mass is 626 g/mol. The maximum Gasteiger partial charge on any atom is 0.178 e. The lowest BCUT2D eigenvalue weighted by atomic mass is 9.85. The molecule has 3 aromatic heterocycles. The first-order chi connectivity index (χ1) is 24.3. The second-order valence-corrected chi connectivity index (χ2v) is 12.8. The van der Waals surface area contributed by atoms with Crippen LogP contribution in [0.3, 0.4) is 0 Å². The molecule has 0 saturated heterocycles. The number of para-hydroxylation sites is 1. The van der Waals surface area contributed by atoms with Gasteiger partial charge in [-0.1, -0.05) is 109 Å². The maximum absolute atomic E-state index is 6.51. The minimum absolute atomic E-state index is 0.774. The van der Waals surface area contributed by atoms with Crippen LogP contribution in [0.1, 0.15) is 0 Å². The lowest BCUT2D eigenvalue weighted by molar-refractivity contribution is 0.600. The Labute approximate surface area is 280 Å². The standard InChI is InChI=1S/C46H26O3/c1-2-10-27(11-3-1)39-26-47-45-37(39)22-21-36-38-24-28(19-23-41(38)49-46(36)45)43-32-13-4-6-15-34(32)44(35-16-7-5-14-33(35)43)29-18-20-31-30-12-8-9-17-40(30)48-42(31)25-29/h1-26H. The van der Waals surface area contributed by atoms with E-state index in [2.05, 4.69) is 133 Å². The van der Waals surface area contributed by atoms with Crippen LogP contribution in [-0.2, 0) is 0 Å². The third kappa shape index (κ3) is 3.78. The Hall–Kier alpha value is -6.58. The molecular weight excluding hydrogens is 601 g/mol. The zero-order valence-corrected chi connectivity index (χ0v) is 26.2. The third-order valence-electron chi connectivity index (χ3n) is 10.2. The van der Waals surface area contributed by atoms with Crippen LogP contribution in [0.2, 0.25) is 0 Å². The van der Waals surface area contributed by atoms with Gasteiger partial charge in [-0.25, -0.2) is 0 Å². The molecule has 3 heteroatoms. The van der Waals surface area contributed by atoms with Crippen molar-refractivity contribution in [1.29, 1.82) is 0 Å². The van der Waals surface area contributed by atoms with E-state index in [1.807, 2.05) is 24.5 Å². The number of furan rings is 3. The molecule has 0 aliphatic carbocycles. The van der Waals surface area contributed by atoms with Crippen LogP contribution < -0.4 is 0 Å². The van der Waals surface area contributed by atoms with Crippen LogP contribution in [0.25, 0.3) is 110 Å². The Morgan fingerprint density at radius 3 is 1.59 bits per heavy atom. The van der Waals surface area contributed by atoms with Crippen molar-refractivity contribution in [2.24, 2.45) is 0 Å². The first-order valence-corrected chi connectivity index (χ1v) is 16.6. The Kier molecular flexibility index (Phi) is 5.38. The summed E-state index contributed by atoms with van der Waals surface area (Å²) < 4.78 is 19.0. The van der Waals surface area contributed by atoms with Gasteiger partial charge >= 0.3 is 0 Å². The number of rotatable bonds is 3. The molecule has 0 aliphatic rings. The number of fused-ring (bicyclic) bond motifs is 10. The minimum Gasteiger partial charge on any atom is -0.460 e. The Morgan fingerprint density at radius 2 is 0.857 bits per heavy atom. The highest BCUT2D eigenvalue weighted by molar-refractivity contribution is 6.23. The third-order valence-corrected chi connectivity index (χ3v) is 10.2. The molecule has 11 rings (SSSR count). The van der Waals surface area contributed by atoms with Gasteiger partial charge < -0.3 is 13.3 Å². The summed E-state index contributed by atoms with van der Waals surface area (Å²) in [6, 6.07) is 53.6. The second-order valence-electron chi connectivity index (χ2n) is 12.8. The molecule has 228 valence electrons. The highest BCUT2D eigenvalue weighted by Gasteiger charge is 2.20. The largest absolute Gasteiger partial charge is 0.460 e. The molecule has 3 nitrogen and oxygen atoms in total. The van der Waals surface area contributed by atoms with E-state index in [0.717, 1.165) is 77.1 Å². The first kappa shape index (κ1) is 26.5. The van der Waals surface area contributed by atoms with Crippen molar-refractivity contribution in [2.45, 2.75) is 0 Å². The van der Waals surface area contributed by atoms with Gasteiger partial charge in [0.2, 0.25) is 0 Å². The number of hydrogen-bond acceptors (Lipinski definition) is 3. The fourth-order valence-electron chi connectivity index (χ4n) is 7.95. The molecule has 0 spiro atoms. The van der Waals surface area contributed by atoms with E-state index in [1.165, 1.54) is 32.7 Å². The minimum atomic E-state index is 0.774. The van der Waals surface area contributed by atoms with Crippen molar-refractivity contribution in [3.63, 3.8) is 0 Å². The molecule has 0 unspecified atom stereocenters. The van der Waals surface area contributed by atoms with Crippen molar-refractivity contribution in [3.05, 3.63) is 158 Å². The first-order valence-electron chi connectivity index (χ1n) is 16.6. The summed E-state index contributed by atoms with van der Waals surface area (Å²) in [5.41, 5.74) is 11.1. The van der Waals surface area contributed by atoms with Crippen LogP contribution in [-0.4, -0.2) is 0 Å². The van der Waals surface area contributed by atoms with Crippen molar-refractivity contribution < 1.29 is 13.3 Å². The lowest BCUT2D eigenvalue weighted by Crippen LogP contribution is -1.90. The lowest BCUT2D eigenvalue weighted by Gasteiger charge is -2.17. The summed E-state index contributed by atoms with van der Waals surface area (Å²) in [5.74, 6) is 0. The Balaban J connectivity index is 1.14. The molecule has 0 aliphatic heterocycles. The molecule has 8 aromatic carbocycles. The van der Waals surface area contributed by atoms with E-state index in [0.29, 0.717) is 0 Å². The highest BCUT2D eigenvalue weighted by atomic mass is 16.4. The normalized spacial score (nSPS) is 12.1. The predicted molar refractivity (Wildman–Crippen MR) is 202 cm³/mol. The van der Waals surface area contributed by atoms with Gasteiger partial charge in [-0.2, -0.15) is 0 Å². The number of benzene rings is 8. The summed E-state index contributed by atoms with van der Waals surface area (Å²) in [6.07, 6.45) is 1.84. The molecule has 0 saturated carbocycles. The van der Waals surface area contributed by atoms with Gasteiger partial charge in [-0.15, -0.1) is 0 Å². The Morgan fingerprint density at radius 1 is 0.306 bits per heavy atom. The summed E-state index contributed by atoms with van der Waals surface area (Å²) in [4.78, 5) is 0. The van der Waals surface area contributed by atoms with E-state index < -0.39 is 0 Å². The molecule has 0 fully saturated rings. The molecular formula is C46H26O3. The smallest absolute Gasteiger partial charge is 0.178 e. The SMILES string of the molecule is c1ccc(-c2coc3c2ccc2c4cc(-c5c6ccccc6c(-c6ccc7c(c6)oc6ccccc67)c6ccccc56)ccc4oc23)cc1. The zero-order valence-electron chi connectivity index (χ0n) is 26.2. The van der Waals surface area contributed by atoms with Gasteiger partial charge in [0, 0.05) is 32.5 Å². The van der Waals surface area contributed by atoms with Crippen molar-refractivity contribution in [3.8, 4) is 33.4 Å². The molecule has 49 heavy (non-hydrogen) atoms.